The molecule has 0 N–H and O–H groups in total. The lowest BCUT2D eigenvalue weighted by atomic mass is 10.1. The fraction of sp³-hybridized carbons (Fsp3) is 0.231. The van der Waals surface area contributed by atoms with E-state index in [9.17, 15) is 4.57 Å². The molecule has 0 aliphatic carbocycles. The van der Waals surface area contributed by atoms with Crippen molar-refractivity contribution in [3.63, 3.8) is 0 Å². The molecule has 0 saturated carbocycles. The van der Waals surface area contributed by atoms with Gasteiger partial charge in [0, 0.05) is 5.39 Å². The van der Waals surface area contributed by atoms with Gasteiger partial charge >= 0.3 is 8.25 Å². The summed E-state index contributed by atoms with van der Waals surface area (Å²) in [5.41, 5.74) is 0. The first-order chi connectivity index (χ1) is 8.16. The Labute approximate surface area is 101 Å². The lowest BCUT2D eigenvalue weighted by Crippen LogP contribution is -1.97. The molecule has 90 valence electrons. The van der Waals surface area contributed by atoms with E-state index in [2.05, 4.69) is 0 Å². The van der Waals surface area contributed by atoms with Crippen LogP contribution in [0.4, 0.5) is 0 Å². The van der Waals surface area contributed by atoms with Gasteiger partial charge in [0.1, 0.15) is 5.75 Å². The predicted molar refractivity (Wildman–Crippen MR) is 69.8 cm³/mol. The Balaban J connectivity index is 2.27. The summed E-state index contributed by atoms with van der Waals surface area (Å²) in [6.07, 6.45) is -0.101. The highest BCUT2D eigenvalue weighted by molar-refractivity contribution is 7.33. The first kappa shape index (κ1) is 12.2. The summed E-state index contributed by atoms with van der Waals surface area (Å²) in [6.45, 7) is 3.66. The van der Waals surface area contributed by atoms with Crippen molar-refractivity contribution in [1.82, 2.24) is 0 Å². The molecule has 0 bridgehead atoms. The third-order valence-electron chi connectivity index (χ3n) is 2.27. The lowest BCUT2D eigenvalue weighted by Gasteiger charge is -2.10. The zero-order valence-corrected chi connectivity index (χ0v) is 10.8. The van der Waals surface area contributed by atoms with E-state index >= 15 is 0 Å². The van der Waals surface area contributed by atoms with Crippen molar-refractivity contribution >= 4 is 19.0 Å². The van der Waals surface area contributed by atoms with Crippen molar-refractivity contribution in [2.45, 2.75) is 20.0 Å². The van der Waals surface area contributed by atoms with Crippen LogP contribution in [0.25, 0.3) is 10.8 Å². The Morgan fingerprint density at radius 1 is 1.06 bits per heavy atom. The highest BCUT2D eigenvalue weighted by Gasteiger charge is 2.07. The van der Waals surface area contributed by atoms with Crippen molar-refractivity contribution < 1.29 is 13.6 Å². The molecule has 0 aliphatic rings. The molecular formula is C13H15O3P. The number of benzene rings is 2. The predicted octanol–water partition coefficient (Wildman–Crippen LogP) is 4.03. The molecule has 2 aromatic rings. The van der Waals surface area contributed by atoms with Gasteiger partial charge in [0.15, 0.2) is 0 Å². The number of hydrogen-bond acceptors (Lipinski definition) is 3. The van der Waals surface area contributed by atoms with Crippen molar-refractivity contribution in [1.29, 1.82) is 0 Å². The van der Waals surface area contributed by atoms with Gasteiger partial charge < -0.3 is 4.52 Å². The van der Waals surface area contributed by atoms with E-state index in [4.69, 9.17) is 9.05 Å². The first-order valence-electron chi connectivity index (χ1n) is 5.53. The van der Waals surface area contributed by atoms with Gasteiger partial charge in [0.2, 0.25) is 0 Å². The molecule has 1 atom stereocenters. The monoisotopic (exact) mass is 250 g/mol. The lowest BCUT2D eigenvalue weighted by molar-refractivity contribution is 0.226. The van der Waals surface area contributed by atoms with Crippen LogP contribution in [0.3, 0.4) is 0 Å². The smallest absolute Gasteiger partial charge is 0.368 e. The molecule has 0 heterocycles. The van der Waals surface area contributed by atoms with Gasteiger partial charge in [0.25, 0.3) is 0 Å². The highest BCUT2D eigenvalue weighted by atomic mass is 31.1. The van der Waals surface area contributed by atoms with E-state index in [0.29, 0.717) is 5.75 Å². The molecule has 0 amide bonds. The Morgan fingerprint density at radius 3 is 2.53 bits per heavy atom. The molecule has 3 nitrogen and oxygen atoms in total. The summed E-state index contributed by atoms with van der Waals surface area (Å²) in [5.74, 6) is 0.604. The molecule has 17 heavy (non-hydrogen) atoms. The molecule has 2 rings (SSSR count). The van der Waals surface area contributed by atoms with Gasteiger partial charge in [-0.2, -0.15) is 0 Å². The average molecular weight is 250 g/mol. The SMILES string of the molecule is CC(C)O[PH](=O)Oc1cccc2ccccc12. The molecular weight excluding hydrogens is 235 g/mol. The van der Waals surface area contributed by atoms with Crippen LogP contribution in [0.1, 0.15) is 13.8 Å². The second kappa shape index (κ2) is 5.35. The number of hydrogen-bond donors (Lipinski definition) is 0. The summed E-state index contributed by atoms with van der Waals surface area (Å²) in [6, 6.07) is 13.5. The van der Waals surface area contributed by atoms with Gasteiger partial charge in [0.05, 0.1) is 6.10 Å². The van der Waals surface area contributed by atoms with Crippen LogP contribution < -0.4 is 4.52 Å². The number of fused-ring (bicyclic) bond motifs is 1. The third-order valence-corrected chi connectivity index (χ3v) is 3.33. The second-order valence-corrected chi connectivity index (χ2v) is 4.94. The van der Waals surface area contributed by atoms with E-state index in [-0.39, 0.29) is 6.10 Å². The molecule has 1 unspecified atom stereocenters. The summed E-state index contributed by atoms with van der Waals surface area (Å²) in [7, 11) is -2.48. The van der Waals surface area contributed by atoms with Crippen molar-refractivity contribution in [3.8, 4) is 5.75 Å². The minimum Gasteiger partial charge on any atom is -0.426 e. The van der Waals surface area contributed by atoms with E-state index < -0.39 is 8.25 Å². The van der Waals surface area contributed by atoms with Gasteiger partial charge in [-0.05, 0) is 25.3 Å². The minimum atomic E-state index is -2.48. The van der Waals surface area contributed by atoms with Crippen molar-refractivity contribution in [3.05, 3.63) is 42.5 Å². The van der Waals surface area contributed by atoms with Gasteiger partial charge in [-0.3, -0.25) is 4.52 Å². The molecule has 0 spiro atoms. The Bertz CT molecular complexity index is 532. The molecule has 2 aromatic carbocycles. The molecule has 4 heteroatoms. The molecule has 0 aromatic heterocycles. The van der Waals surface area contributed by atoms with Crippen LogP contribution in [0.5, 0.6) is 5.75 Å². The molecule has 0 fully saturated rings. The van der Waals surface area contributed by atoms with E-state index in [0.717, 1.165) is 10.8 Å². The van der Waals surface area contributed by atoms with Gasteiger partial charge in [-0.25, -0.2) is 4.57 Å². The van der Waals surface area contributed by atoms with Crippen LogP contribution in [-0.2, 0) is 9.09 Å². The fourth-order valence-corrected chi connectivity index (χ4v) is 2.38. The van der Waals surface area contributed by atoms with Crippen LogP contribution in [-0.4, -0.2) is 6.10 Å². The minimum absolute atomic E-state index is 0.101. The van der Waals surface area contributed by atoms with E-state index in [1.807, 2.05) is 50.2 Å². The van der Waals surface area contributed by atoms with Gasteiger partial charge in [-0.1, -0.05) is 36.4 Å². The third kappa shape index (κ3) is 3.09. The summed E-state index contributed by atoms with van der Waals surface area (Å²) < 4.78 is 22.1. The Kier molecular flexibility index (Phi) is 3.82. The zero-order chi connectivity index (χ0) is 12.3. The van der Waals surface area contributed by atoms with Crippen LogP contribution in [0, 0.1) is 0 Å². The second-order valence-electron chi connectivity index (χ2n) is 4.00. The highest BCUT2D eigenvalue weighted by Crippen LogP contribution is 2.34. The zero-order valence-electron chi connectivity index (χ0n) is 9.84. The van der Waals surface area contributed by atoms with Crippen molar-refractivity contribution in [2.75, 3.05) is 0 Å². The molecule has 0 saturated heterocycles. The summed E-state index contributed by atoms with van der Waals surface area (Å²) in [5, 5.41) is 2.00. The van der Waals surface area contributed by atoms with Crippen LogP contribution >= 0.6 is 8.25 Å². The standard InChI is InChI=1S/C13H15O3P/c1-10(2)15-17(14)16-13-9-5-7-11-6-3-4-8-12(11)13/h3-10,17H,1-2H3. The van der Waals surface area contributed by atoms with Gasteiger partial charge in [-0.15, -0.1) is 0 Å². The van der Waals surface area contributed by atoms with E-state index in [1.54, 1.807) is 6.07 Å². The topological polar surface area (TPSA) is 35.5 Å². The maximum absolute atomic E-state index is 11.6. The molecule has 0 radical (unpaired) electrons. The number of rotatable bonds is 4. The summed E-state index contributed by atoms with van der Waals surface area (Å²) >= 11 is 0. The van der Waals surface area contributed by atoms with Crippen molar-refractivity contribution in [2.24, 2.45) is 0 Å². The molecule has 0 aliphatic heterocycles. The Morgan fingerprint density at radius 2 is 1.76 bits per heavy atom. The largest absolute Gasteiger partial charge is 0.426 e. The first-order valence-corrected chi connectivity index (χ1v) is 6.75. The van der Waals surface area contributed by atoms with Crippen LogP contribution in [0.2, 0.25) is 0 Å². The normalized spacial score (nSPS) is 12.9. The average Bonchev–Trinajstić information content (AvgIpc) is 2.28. The Hall–Kier alpha value is -1.31. The maximum Gasteiger partial charge on any atom is 0.368 e. The van der Waals surface area contributed by atoms with E-state index in [1.165, 1.54) is 0 Å². The quantitative estimate of drug-likeness (QED) is 0.768. The maximum atomic E-state index is 11.6. The fourth-order valence-electron chi connectivity index (χ4n) is 1.59. The summed E-state index contributed by atoms with van der Waals surface area (Å²) in [4.78, 5) is 0. The van der Waals surface area contributed by atoms with Crippen LogP contribution in [0.15, 0.2) is 42.5 Å².